The molecule has 0 unspecified atom stereocenters. The normalized spacial score (nSPS) is 11.1. The SMILES string of the molecule is CCCc1cc(Cl)nc(-c2ccc(CC(C)C)cc2)n1. The lowest BCUT2D eigenvalue weighted by molar-refractivity contribution is 0.647. The summed E-state index contributed by atoms with van der Waals surface area (Å²) in [7, 11) is 0. The van der Waals surface area contributed by atoms with E-state index >= 15 is 0 Å². The highest BCUT2D eigenvalue weighted by Gasteiger charge is 2.06. The van der Waals surface area contributed by atoms with Crippen LogP contribution in [0.3, 0.4) is 0 Å². The average Bonchev–Trinajstić information content (AvgIpc) is 2.38. The van der Waals surface area contributed by atoms with Crippen molar-refractivity contribution >= 4 is 11.6 Å². The van der Waals surface area contributed by atoms with Crippen LogP contribution in [0.2, 0.25) is 5.15 Å². The van der Waals surface area contributed by atoms with Gasteiger partial charge in [0, 0.05) is 11.3 Å². The van der Waals surface area contributed by atoms with E-state index in [1.54, 1.807) is 0 Å². The third-order valence-electron chi connectivity index (χ3n) is 3.11. The minimum Gasteiger partial charge on any atom is -0.233 e. The number of hydrogen-bond acceptors (Lipinski definition) is 2. The molecule has 0 bridgehead atoms. The second-order valence-electron chi connectivity index (χ2n) is 5.55. The summed E-state index contributed by atoms with van der Waals surface area (Å²) in [5.74, 6) is 1.39. The predicted molar refractivity (Wildman–Crippen MR) is 85.0 cm³/mol. The van der Waals surface area contributed by atoms with Gasteiger partial charge >= 0.3 is 0 Å². The van der Waals surface area contributed by atoms with Crippen LogP contribution < -0.4 is 0 Å². The Morgan fingerprint density at radius 1 is 1.10 bits per heavy atom. The Kier molecular flexibility index (Phi) is 5.13. The van der Waals surface area contributed by atoms with Crippen LogP contribution in [-0.4, -0.2) is 9.97 Å². The van der Waals surface area contributed by atoms with Crippen LogP contribution in [0, 0.1) is 5.92 Å². The summed E-state index contributed by atoms with van der Waals surface area (Å²) in [5, 5.41) is 0.518. The van der Waals surface area contributed by atoms with Crippen LogP contribution in [0.4, 0.5) is 0 Å². The fourth-order valence-corrected chi connectivity index (χ4v) is 2.44. The molecule has 20 heavy (non-hydrogen) atoms. The molecule has 2 nitrogen and oxygen atoms in total. The predicted octanol–water partition coefficient (Wildman–Crippen LogP) is 4.95. The van der Waals surface area contributed by atoms with Crippen LogP contribution in [-0.2, 0) is 12.8 Å². The molecule has 0 fully saturated rings. The minimum atomic E-state index is 0.518. The standard InChI is InChI=1S/C17H21ClN2/c1-4-5-15-11-16(18)20-17(19-15)14-8-6-13(7-9-14)10-12(2)3/h6-9,11-12H,4-5,10H2,1-3H3. The largest absolute Gasteiger partial charge is 0.233 e. The van der Waals surface area contributed by atoms with Crippen molar-refractivity contribution in [2.45, 2.75) is 40.0 Å². The van der Waals surface area contributed by atoms with Crippen molar-refractivity contribution in [1.82, 2.24) is 9.97 Å². The van der Waals surface area contributed by atoms with Crippen molar-refractivity contribution in [1.29, 1.82) is 0 Å². The van der Waals surface area contributed by atoms with Crippen molar-refractivity contribution in [3.8, 4) is 11.4 Å². The van der Waals surface area contributed by atoms with E-state index in [0.29, 0.717) is 11.1 Å². The zero-order valence-electron chi connectivity index (χ0n) is 12.4. The van der Waals surface area contributed by atoms with Crippen molar-refractivity contribution in [3.63, 3.8) is 0 Å². The molecule has 0 aliphatic rings. The molecule has 2 rings (SSSR count). The number of rotatable bonds is 5. The smallest absolute Gasteiger partial charge is 0.161 e. The molecule has 0 amide bonds. The topological polar surface area (TPSA) is 25.8 Å². The van der Waals surface area contributed by atoms with E-state index in [2.05, 4.69) is 55.0 Å². The fourth-order valence-electron chi connectivity index (χ4n) is 2.24. The Bertz CT molecular complexity index is 562. The Morgan fingerprint density at radius 2 is 1.80 bits per heavy atom. The highest BCUT2D eigenvalue weighted by Crippen LogP contribution is 2.20. The zero-order chi connectivity index (χ0) is 14.5. The van der Waals surface area contributed by atoms with E-state index < -0.39 is 0 Å². The van der Waals surface area contributed by atoms with Crippen molar-refractivity contribution in [2.24, 2.45) is 5.92 Å². The van der Waals surface area contributed by atoms with Crippen LogP contribution >= 0.6 is 11.6 Å². The average molecular weight is 289 g/mol. The molecule has 0 aliphatic carbocycles. The first kappa shape index (κ1) is 15.0. The minimum absolute atomic E-state index is 0.518. The molecule has 2 aromatic rings. The van der Waals surface area contributed by atoms with E-state index in [9.17, 15) is 0 Å². The fraction of sp³-hybridized carbons (Fsp3) is 0.412. The van der Waals surface area contributed by atoms with Gasteiger partial charge in [-0.15, -0.1) is 0 Å². The monoisotopic (exact) mass is 288 g/mol. The Morgan fingerprint density at radius 3 is 2.40 bits per heavy atom. The molecule has 1 heterocycles. The first-order valence-electron chi connectivity index (χ1n) is 7.21. The third-order valence-corrected chi connectivity index (χ3v) is 3.30. The molecule has 0 spiro atoms. The van der Waals surface area contributed by atoms with Gasteiger partial charge in [-0.3, -0.25) is 0 Å². The lowest BCUT2D eigenvalue weighted by Gasteiger charge is -2.07. The summed E-state index contributed by atoms with van der Waals surface area (Å²) in [5.41, 5.74) is 3.38. The summed E-state index contributed by atoms with van der Waals surface area (Å²) < 4.78 is 0. The molecule has 0 aliphatic heterocycles. The van der Waals surface area contributed by atoms with Crippen LogP contribution in [0.25, 0.3) is 11.4 Å². The Hall–Kier alpha value is -1.41. The molecular formula is C17H21ClN2. The van der Waals surface area contributed by atoms with E-state index in [-0.39, 0.29) is 0 Å². The van der Waals surface area contributed by atoms with Crippen LogP contribution in [0.1, 0.15) is 38.4 Å². The van der Waals surface area contributed by atoms with Gasteiger partial charge < -0.3 is 0 Å². The zero-order valence-corrected chi connectivity index (χ0v) is 13.1. The maximum absolute atomic E-state index is 6.08. The van der Waals surface area contributed by atoms with Crippen LogP contribution in [0.5, 0.6) is 0 Å². The lowest BCUT2D eigenvalue weighted by atomic mass is 10.0. The molecule has 1 aromatic heterocycles. The molecule has 0 radical (unpaired) electrons. The maximum Gasteiger partial charge on any atom is 0.161 e. The highest BCUT2D eigenvalue weighted by atomic mass is 35.5. The van der Waals surface area contributed by atoms with E-state index in [1.807, 2.05) is 6.07 Å². The van der Waals surface area contributed by atoms with Gasteiger partial charge in [0.05, 0.1) is 0 Å². The summed E-state index contributed by atoms with van der Waals surface area (Å²) >= 11 is 6.08. The van der Waals surface area contributed by atoms with Crippen LogP contribution in [0.15, 0.2) is 30.3 Å². The van der Waals surface area contributed by atoms with Crippen molar-refractivity contribution < 1.29 is 0 Å². The molecule has 106 valence electrons. The molecule has 0 atom stereocenters. The summed E-state index contributed by atoms with van der Waals surface area (Å²) in [4.78, 5) is 8.92. The van der Waals surface area contributed by atoms with Gasteiger partial charge in [-0.1, -0.05) is 63.1 Å². The van der Waals surface area contributed by atoms with Gasteiger partial charge in [0.25, 0.3) is 0 Å². The summed E-state index contributed by atoms with van der Waals surface area (Å²) in [6, 6.07) is 10.3. The first-order valence-corrected chi connectivity index (χ1v) is 7.59. The molecule has 0 saturated heterocycles. The molecular weight excluding hydrogens is 268 g/mol. The van der Waals surface area contributed by atoms with Gasteiger partial charge in [0.2, 0.25) is 0 Å². The number of halogens is 1. The Labute approximate surface area is 126 Å². The summed E-state index contributed by atoms with van der Waals surface area (Å²) in [6.45, 7) is 6.59. The van der Waals surface area contributed by atoms with Gasteiger partial charge in [-0.05, 0) is 30.4 Å². The van der Waals surface area contributed by atoms with Crippen molar-refractivity contribution in [3.05, 3.63) is 46.7 Å². The molecule has 0 N–H and O–H groups in total. The number of aromatic nitrogens is 2. The lowest BCUT2D eigenvalue weighted by Crippen LogP contribution is -1.97. The number of benzene rings is 1. The maximum atomic E-state index is 6.08. The quantitative estimate of drug-likeness (QED) is 0.728. The van der Waals surface area contributed by atoms with Gasteiger partial charge in [0.15, 0.2) is 5.82 Å². The van der Waals surface area contributed by atoms with E-state index in [1.165, 1.54) is 5.56 Å². The number of hydrogen-bond donors (Lipinski definition) is 0. The molecule has 0 saturated carbocycles. The van der Waals surface area contributed by atoms with Gasteiger partial charge in [-0.25, -0.2) is 9.97 Å². The number of nitrogens with zero attached hydrogens (tertiary/aromatic N) is 2. The second kappa shape index (κ2) is 6.85. The summed E-state index contributed by atoms with van der Waals surface area (Å²) in [6.07, 6.45) is 3.08. The third kappa shape index (κ3) is 4.04. The van der Waals surface area contributed by atoms with E-state index in [0.717, 1.165) is 36.3 Å². The van der Waals surface area contributed by atoms with Gasteiger partial charge in [-0.2, -0.15) is 0 Å². The highest BCUT2D eigenvalue weighted by molar-refractivity contribution is 6.29. The van der Waals surface area contributed by atoms with Crippen molar-refractivity contribution in [2.75, 3.05) is 0 Å². The Balaban J connectivity index is 2.26. The van der Waals surface area contributed by atoms with E-state index in [4.69, 9.17) is 11.6 Å². The molecule has 1 aromatic carbocycles. The second-order valence-corrected chi connectivity index (χ2v) is 5.94. The van der Waals surface area contributed by atoms with Gasteiger partial charge in [0.1, 0.15) is 5.15 Å². The molecule has 3 heteroatoms. The first-order chi connectivity index (χ1) is 9.58. The number of aryl methyl sites for hydroxylation is 1.